The van der Waals surface area contributed by atoms with Crippen molar-refractivity contribution in [2.75, 3.05) is 0 Å². The van der Waals surface area contributed by atoms with Crippen LogP contribution in [-0.4, -0.2) is 17.2 Å². The number of benzene rings is 1. The SMILES string of the molecule is NC(=NO)OC(=O)c1ccccc1. The summed E-state index contributed by atoms with van der Waals surface area (Å²) in [6, 6.07) is 7.68. The van der Waals surface area contributed by atoms with Crippen molar-refractivity contribution in [3.05, 3.63) is 35.9 Å². The minimum atomic E-state index is -0.657. The Kier molecular flexibility index (Phi) is 2.86. The molecule has 1 aromatic carbocycles. The van der Waals surface area contributed by atoms with E-state index in [1.165, 1.54) is 0 Å². The van der Waals surface area contributed by atoms with Gasteiger partial charge in [-0.05, 0) is 17.3 Å². The van der Waals surface area contributed by atoms with Gasteiger partial charge in [0.25, 0.3) is 0 Å². The molecule has 0 radical (unpaired) electrons. The first-order chi connectivity index (χ1) is 6.24. The fourth-order valence-electron chi connectivity index (χ4n) is 0.749. The summed E-state index contributed by atoms with van der Waals surface area (Å²) in [7, 11) is 0. The van der Waals surface area contributed by atoms with Gasteiger partial charge in [-0.3, -0.25) is 0 Å². The van der Waals surface area contributed by atoms with Crippen LogP contribution in [0.3, 0.4) is 0 Å². The smallest absolute Gasteiger partial charge is 0.345 e. The molecule has 0 fully saturated rings. The van der Waals surface area contributed by atoms with Gasteiger partial charge in [0, 0.05) is 0 Å². The van der Waals surface area contributed by atoms with Crippen molar-refractivity contribution in [1.29, 1.82) is 0 Å². The van der Waals surface area contributed by atoms with E-state index in [4.69, 9.17) is 10.9 Å². The summed E-state index contributed by atoms with van der Waals surface area (Å²) in [5.74, 6) is -0.657. The molecule has 1 rings (SSSR count). The maximum atomic E-state index is 11.1. The first kappa shape index (κ1) is 9.05. The Balaban J connectivity index is 2.70. The number of hydrogen-bond donors (Lipinski definition) is 2. The fraction of sp³-hybridized carbons (Fsp3) is 0. The third-order valence-corrected chi connectivity index (χ3v) is 1.31. The molecule has 0 saturated heterocycles. The van der Waals surface area contributed by atoms with Crippen molar-refractivity contribution < 1.29 is 14.7 Å². The zero-order chi connectivity index (χ0) is 9.68. The number of hydrogen-bond acceptors (Lipinski definition) is 4. The van der Waals surface area contributed by atoms with Crippen molar-refractivity contribution in [2.24, 2.45) is 10.9 Å². The predicted molar refractivity (Wildman–Crippen MR) is 45.3 cm³/mol. The molecule has 0 aliphatic heterocycles. The summed E-state index contributed by atoms with van der Waals surface area (Å²) < 4.78 is 4.42. The molecule has 0 saturated carbocycles. The monoisotopic (exact) mass is 180 g/mol. The first-order valence-electron chi connectivity index (χ1n) is 3.49. The number of ether oxygens (including phenoxy) is 1. The van der Waals surface area contributed by atoms with E-state index >= 15 is 0 Å². The Bertz CT molecular complexity index is 321. The number of oxime groups is 1. The highest BCUT2D eigenvalue weighted by Crippen LogP contribution is 2.00. The molecule has 0 unspecified atom stereocenters. The highest BCUT2D eigenvalue weighted by Gasteiger charge is 2.07. The molecule has 0 spiro atoms. The average Bonchev–Trinajstić information content (AvgIpc) is 2.19. The number of nitrogens with zero attached hydrogens (tertiary/aromatic N) is 1. The zero-order valence-corrected chi connectivity index (χ0v) is 6.68. The summed E-state index contributed by atoms with van der Waals surface area (Å²) in [6.07, 6.45) is 0. The van der Waals surface area contributed by atoms with E-state index in [-0.39, 0.29) is 0 Å². The van der Waals surface area contributed by atoms with E-state index < -0.39 is 12.0 Å². The topological polar surface area (TPSA) is 84.9 Å². The molecule has 0 bridgehead atoms. The van der Waals surface area contributed by atoms with Gasteiger partial charge in [0.15, 0.2) is 0 Å². The first-order valence-corrected chi connectivity index (χ1v) is 3.49. The van der Waals surface area contributed by atoms with Gasteiger partial charge in [-0.15, -0.1) is 0 Å². The van der Waals surface area contributed by atoms with Crippen LogP contribution in [-0.2, 0) is 4.74 Å². The second-order valence-electron chi connectivity index (χ2n) is 2.19. The van der Waals surface area contributed by atoms with E-state index in [9.17, 15) is 4.79 Å². The Morgan fingerprint density at radius 3 is 2.54 bits per heavy atom. The van der Waals surface area contributed by atoms with Crippen LogP contribution < -0.4 is 5.73 Å². The molecular weight excluding hydrogens is 172 g/mol. The Labute approximate surface area is 74.4 Å². The summed E-state index contributed by atoms with van der Waals surface area (Å²) in [5, 5.41) is 10.6. The molecular formula is C8H8N2O3. The Morgan fingerprint density at radius 1 is 1.38 bits per heavy atom. The van der Waals surface area contributed by atoms with E-state index in [0.29, 0.717) is 5.56 Å². The number of carbonyl (C=O) groups excluding carboxylic acids is 1. The maximum Gasteiger partial charge on any atom is 0.345 e. The molecule has 0 heterocycles. The standard InChI is InChI=1S/C8H8N2O3/c9-8(10-12)13-7(11)6-4-2-1-3-5-6/h1-5,12H,(H2,9,10). The van der Waals surface area contributed by atoms with E-state index in [2.05, 4.69) is 9.89 Å². The van der Waals surface area contributed by atoms with Crippen LogP contribution in [0.5, 0.6) is 0 Å². The molecule has 3 N–H and O–H groups in total. The van der Waals surface area contributed by atoms with Gasteiger partial charge in [0.05, 0.1) is 5.56 Å². The van der Waals surface area contributed by atoms with Gasteiger partial charge < -0.3 is 15.7 Å². The number of amidine groups is 1. The van der Waals surface area contributed by atoms with Gasteiger partial charge in [0.2, 0.25) is 0 Å². The van der Waals surface area contributed by atoms with Crippen LogP contribution in [0.25, 0.3) is 0 Å². The number of rotatable bonds is 1. The third kappa shape index (κ3) is 2.48. The molecule has 0 atom stereocenters. The van der Waals surface area contributed by atoms with Crippen LogP contribution in [0.4, 0.5) is 0 Å². The van der Waals surface area contributed by atoms with Gasteiger partial charge in [-0.25, -0.2) is 4.79 Å². The summed E-state index contributed by atoms with van der Waals surface area (Å²) in [6.45, 7) is 0. The van der Waals surface area contributed by atoms with E-state index in [1.807, 2.05) is 0 Å². The molecule has 0 aliphatic rings. The van der Waals surface area contributed by atoms with Crippen molar-refractivity contribution in [1.82, 2.24) is 0 Å². The fourth-order valence-corrected chi connectivity index (χ4v) is 0.749. The molecule has 5 heteroatoms. The number of esters is 1. The predicted octanol–water partition coefficient (Wildman–Crippen LogP) is 0.547. The second kappa shape index (κ2) is 4.10. The highest BCUT2D eigenvalue weighted by molar-refractivity contribution is 5.97. The van der Waals surface area contributed by atoms with Crippen LogP contribution in [0.2, 0.25) is 0 Å². The Morgan fingerprint density at radius 2 is 2.00 bits per heavy atom. The average molecular weight is 180 g/mol. The van der Waals surface area contributed by atoms with Gasteiger partial charge in [0.1, 0.15) is 0 Å². The molecule has 13 heavy (non-hydrogen) atoms. The van der Waals surface area contributed by atoms with Gasteiger partial charge >= 0.3 is 12.0 Å². The lowest BCUT2D eigenvalue weighted by molar-refractivity contribution is 0.0704. The van der Waals surface area contributed by atoms with Crippen LogP contribution in [0.15, 0.2) is 35.5 Å². The van der Waals surface area contributed by atoms with E-state index in [1.54, 1.807) is 30.3 Å². The highest BCUT2D eigenvalue weighted by atomic mass is 16.6. The van der Waals surface area contributed by atoms with Crippen LogP contribution >= 0.6 is 0 Å². The lowest BCUT2D eigenvalue weighted by Crippen LogP contribution is -2.20. The minimum absolute atomic E-state index is 0.342. The number of nitrogens with two attached hydrogens (primary N) is 1. The van der Waals surface area contributed by atoms with Gasteiger partial charge in [-0.1, -0.05) is 18.2 Å². The summed E-state index contributed by atoms with van der Waals surface area (Å²) in [5.41, 5.74) is 5.31. The number of carbonyl (C=O) groups is 1. The molecule has 0 aromatic heterocycles. The lowest BCUT2D eigenvalue weighted by atomic mass is 10.2. The summed E-state index contributed by atoms with van der Waals surface area (Å²) >= 11 is 0. The largest absolute Gasteiger partial charge is 0.407 e. The van der Waals surface area contributed by atoms with Crippen molar-refractivity contribution in [2.45, 2.75) is 0 Å². The molecule has 0 aliphatic carbocycles. The van der Waals surface area contributed by atoms with Crippen LogP contribution in [0.1, 0.15) is 10.4 Å². The normalized spacial score (nSPS) is 10.9. The zero-order valence-electron chi connectivity index (χ0n) is 6.68. The summed E-state index contributed by atoms with van der Waals surface area (Å²) in [4.78, 5) is 11.1. The minimum Gasteiger partial charge on any atom is -0.407 e. The molecule has 1 aromatic rings. The molecule has 68 valence electrons. The molecule has 0 amide bonds. The second-order valence-corrected chi connectivity index (χ2v) is 2.19. The van der Waals surface area contributed by atoms with Crippen molar-refractivity contribution >= 4 is 12.0 Å². The van der Waals surface area contributed by atoms with Crippen LogP contribution in [0, 0.1) is 0 Å². The molecule has 5 nitrogen and oxygen atoms in total. The van der Waals surface area contributed by atoms with Crippen molar-refractivity contribution in [3.8, 4) is 0 Å². The van der Waals surface area contributed by atoms with Crippen molar-refractivity contribution in [3.63, 3.8) is 0 Å². The third-order valence-electron chi connectivity index (χ3n) is 1.31. The quantitative estimate of drug-likeness (QED) is 0.217. The van der Waals surface area contributed by atoms with Gasteiger partial charge in [-0.2, -0.15) is 0 Å². The maximum absolute atomic E-state index is 11.1. The lowest BCUT2D eigenvalue weighted by Gasteiger charge is -1.99. The Hall–Kier alpha value is -2.04. The van der Waals surface area contributed by atoms with E-state index in [0.717, 1.165) is 0 Å².